The van der Waals surface area contributed by atoms with Crippen LogP contribution >= 0.6 is 0 Å². The fraction of sp³-hybridized carbons (Fsp3) is 0.615. The summed E-state index contributed by atoms with van der Waals surface area (Å²) in [4.78, 5) is 6.68. The van der Waals surface area contributed by atoms with E-state index < -0.39 is 0 Å². The first-order valence-electron chi connectivity index (χ1n) is 6.23. The zero-order valence-corrected chi connectivity index (χ0v) is 10.6. The minimum atomic E-state index is 0.275. The number of hydrogen-bond acceptors (Lipinski definition) is 4. The number of rotatable bonds is 2. The number of anilines is 1. The summed E-state index contributed by atoms with van der Waals surface area (Å²) in [6, 6.07) is 2.13. The number of aryl methyl sites for hydroxylation is 1. The van der Waals surface area contributed by atoms with Crippen LogP contribution in [0.1, 0.15) is 24.6 Å². The van der Waals surface area contributed by atoms with Crippen LogP contribution in [0.5, 0.6) is 0 Å². The van der Waals surface area contributed by atoms with Crippen molar-refractivity contribution in [1.29, 1.82) is 0 Å². The SMILES string of the molecule is Cc1cc(N2CCCOC(C)C2)c(CN)cn1. The van der Waals surface area contributed by atoms with Crippen molar-refractivity contribution >= 4 is 5.69 Å². The van der Waals surface area contributed by atoms with Crippen LogP contribution in [-0.2, 0) is 11.3 Å². The predicted octanol–water partition coefficient (Wildman–Crippen LogP) is 1.46. The Kier molecular flexibility index (Phi) is 3.97. The number of pyridine rings is 1. The molecule has 1 fully saturated rings. The molecular formula is C13H21N3O. The van der Waals surface area contributed by atoms with E-state index in [0.29, 0.717) is 6.54 Å². The molecule has 1 unspecified atom stereocenters. The van der Waals surface area contributed by atoms with E-state index in [1.165, 1.54) is 5.69 Å². The van der Waals surface area contributed by atoms with Gasteiger partial charge in [-0.25, -0.2) is 0 Å². The van der Waals surface area contributed by atoms with Crippen molar-refractivity contribution in [2.24, 2.45) is 5.73 Å². The molecule has 2 rings (SSSR count). The standard InChI is InChI=1S/C13H21N3O/c1-10-6-13(12(7-14)8-15-10)16-4-3-5-17-11(2)9-16/h6,8,11H,3-5,7,9,14H2,1-2H3. The fourth-order valence-corrected chi connectivity index (χ4v) is 2.24. The Morgan fingerprint density at radius 1 is 1.59 bits per heavy atom. The van der Waals surface area contributed by atoms with Crippen LogP contribution in [0.3, 0.4) is 0 Å². The van der Waals surface area contributed by atoms with Gasteiger partial charge in [0.1, 0.15) is 0 Å². The first-order valence-corrected chi connectivity index (χ1v) is 6.23. The van der Waals surface area contributed by atoms with Crippen molar-refractivity contribution in [3.05, 3.63) is 23.5 Å². The molecule has 0 radical (unpaired) electrons. The second kappa shape index (κ2) is 5.47. The molecule has 4 heteroatoms. The van der Waals surface area contributed by atoms with E-state index in [4.69, 9.17) is 10.5 Å². The number of aromatic nitrogens is 1. The highest BCUT2D eigenvalue weighted by Crippen LogP contribution is 2.22. The van der Waals surface area contributed by atoms with E-state index in [9.17, 15) is 0 Å². The van der Waals surface area contributed by atoms with E-state index in [1.54, 1.807) is 0 Å². The molecule has 1 atom stereocenters. The molecular weight excluding hydrogens is 214 g/mol. The molecule has 94 valence electrons. The molecule has 1 saturated heterocycles. The Balaban J connectivity index is 2.27. The van der Waals surface area contributed by atoms with Crippen molar-refractivity contribution in [1.82, 2.24) is 4.98 Å². The summed E-state index contributed by atoms with van der Waals surface area (Å²) in [5.74, 6) is 0. The molecule has 17 heavy (non-hydrogen) atoms. The third-order valence-electron chi connectivity index (χ3n) is 3.11. The van der Waals surface area contributed by atoms with E-state index in [0.717, 1.165) is 37.4 Å². The van der Waals surface area contributed by atoms with Crippen LogP contribution in [0.2, 0.25) is 0 Å². The summed E-state index contributed by atoms with van der Waals surface area (Å²) in [6.45, 7) is 7.47. The summed E-state index contributed by atoms with van der Waals surface area (Å²) in [7, 11) is 0. The highest BCUT2D eigenvalue weighted by molar-refractivity contribution is 5.53. The summed E-state index contributed by atoms with van der Waals surface area (Å²) >= 11 is 0. The monoisotopic (exact) mass is 235 g/mol. The van der Waals surface area contributed by atoms with Gasteiger partial charge in [0.05, 0.1) is 6.10 Å². The molecule has 1 aromatic heterocycles. The topological polar surface area (TPSA) is 51.4 Å². The highest BCUT2D eigenvalue weighted by atomic mass is 16.5. The lowest BCUT2D eigenvalue weighted by Crippen LogP contribution is -2.31. The van der Waals surface area contributed by atoms with Gasteiger partial charge >= 0.3 is 0 Å². The van der Waals surface area contributed by atoms with Gasteiger partial charge < -0.3 is 15.4 Å². The second-order valence-electron chi connectivity index (χ2n) is 4.64. The minimum absolute atomic E-state index is 0.275. The maximum absolute atomic E-state index is 5.78. The van der Waals surface area contributed by atoms with E-state index in [-0.39, 0.29) is 6.10 Å². The van der Waals surface area contributed by atoms with Crippen LogP contribution in [0, 0.1) is 6.92 Å². The molecule has 0 spiro atoms. The Hall–Kier alpha value is -1.13. The van der Waals surface area contributed by atoms with Gasteiger partial charge in [0.2, 0.25) is 0 Å². The molecule has 0 bridgehead atoms. The summed E-state index contributed by atoms with van der Waals surface area (Å²) in [6.07, 6.45) is 3.23. The fourth-order valence-electron chi connectivity index (χ4n) is 2.24. The van der Waals surface area contributed by atoms with Crippen LogP contribution in [0.4, 0.5) is 5.69 Å². The maximum atomic E-state index is 5.78. The van der Waals surface area contributed by atoms with Crippen molar-refractivity contribution in [2.45, 2.75) is 32.9 Å². The van der Waals surface area contributed by atoms with Crippen LogP contribution < -0.4 is 10.6 Å². The molecule has 0 aliphatic carbocycles. The van der Waals surface area contributed by atoms with Gasteiger partial charge in [0.15, 0.2) is 0 Å². The Morgan fingerprint density at radius 3 is 3.18 bits per heavy atom. The van der Waals surface area contributed by atoms with Gasteiger partial charge in [-0.15, -0.1) is 0 Å². The molecule has 2 N–H and O–H groups in total. The van der Waals surface area contributed by atoms with Crippen molar-refractivity contribution in [3.8, 4) is 0 Å². The maximum Gasteiger partial charge on any atom is 0.0721 e. The van der Waals surface area contributed by atoms with Crippen molar-refractivity contribution in [3.63, 3.8) is 0 Å². The predicted molar refractivity (Wildman–Crippen MR) is 69.1 cm³/mol. The summed E-state index contributed by atoms with van der Waals surface area (Å²) < 4.78 is 5.67. The number of nitrogens with two attached hydrogens (primary N) is 1. The number of hydrogen-bond donors (Lipinski definition) is 1. The first-order chi connectivity index (χ1) is 8.20. The zero-order chi connectivity index (χ0) is 12.3. The molecule has 1 aromatic rings. The van der Waals surface area contributed by atoms with Crippen LogP contribution in [0.25, 0.3) is 0 Å². The van der Waals surface area contributed by atoms with Crippen molar-refractivity contribution < 1.29 is 4.74 Å². The molecule has 1 aliphatic heterocycles. The molecule has 1 aliphatic rings. The van der Waals surface area contributed by atoms with E-state index >= 15 is 0 Å². The van der Waals surface area contributed by atoms with Crippen LogP contribution in [-0.4, -0.2) is 30.8 Å². The molecule has 4 nitrogen and oxygen atoms in total. The lowest BCUT2D eigenvalue weighted by molar-refractivity contribution is 0.0821. The smallest absolute Gasteiger partial charge is 0.0721 e. The average Bonchev–Trinajstić information content (AvgIpc) is 2.54. The lowest BCUT2D eigenvalue weighted by Gasteiger charge is -2.26. The average molecular weight is 235 g/mol. The summed E-state index contributed by atoms with van der Waals surface area (Å²) in [5.41, 5.74) is 9.16. The van der Waals surface area contributed by atoms with E-state index in [1.807, 2.05) is 13.1 Å². The van der Waals surface area contributed by atoms with Crippen molar-refractivity contribution in [2.75, 3.05) is 24.6 Å². The van der Waals surface area contributed by atoms with Crippen LogP contribution in [0.15, 0.2) is 12.3 Å². The number of ether oxygens (including phenoxy) is 1. The van der Waals surface area contributed by atoms with Gasteiger partial charge in [0, 0.05) is 49.4 Å². The second-order valence-corrected chi connectivity index (χ2v) is 4.64. The normalized spacial score (nSPS) is 21.4. The zero-order valence-electron chi connectivity index (χ0n) is 10.6. The van der Waals surface area contributed by atoms with Gasteiger partial charge in [-0.2, -0.15) is 0 Å². The Morgan fingerprint density at radius 2 is 2.41 bits per heavy atom. The molecule has 2 heterocycles. The van der Waals surface area contributed by atoms with Gasteiger partial charge in [-0.05, 0) is 26.3 Å². The minimum Gasteiger partial charge on any atom is -0.377 e. The number of nitrogens with zero attached hydrogens (tertiary/aromatic N) is 2. The van der Waals surface area contributed by atoms with E-state index in [2.05, 4.69) is 22.9 Å². The first kappa shape index (κ1) is 12.3. The highest BCUT2D eigenvalue weighted by Gasteiger charge is 2.17. The molecule has 0 aromatic carbocycles. The summed E-state index contributed by atoms with van der Waals surface area (Å²) in [5, 5.41) is 0. The molecule has 0 saturated carbocycles. The lowest BCUT2D eigenvalue weighted by atomic mass is 10.1. The molecule has 0 amide bonds. The Bertz CT molecular complexity index is 381. The Labute approximate surface area is 103 Å². The van der Waals surface area contributed by atoms with Gasteiger partial charge in [-0.1, -0.05) is 0 Å². The largest absolute Gasteiger partial charge is 0.377 e. The van der Waals surface area contributed by atoms with Gasteiger partial charge in [-0.3, -0.25) is 4.98 Å². The third-order valence-corrected chi connectivity index (χ3v) is 3.11. The third kappa shape index (κ3) is 2.96. The van der Waals surface area contributed by atoms with Gasteiger partial charge in [0.25, 0.3) is 0 Å². The quantitative estimate of drug-likeness (QED) is 0.843.